The number of likely N-dealkylation sites (N-methyl/N-ethyl adjacent to an activating group) is 1. The maximum absolute atomic E-state index is 12.4. The van der Waals surface area contributed by atoms with E-state index in [0.717, 1.165) is 11.3 Å². The second-order valence-corrected chi connectivity index (χ2v) is 7.20. The molecule has 10 heteroatoms. The van der Waals surface area contributed by atoms with Gasteiger partial charge in [-0.1, -0.05) is 17.7 Å². The Balaban J connectivity index is 1.41. The highest BCUT2D eigenvalue weighted by Crippen LogP contribution is 2.17. The number of hydrogen-bond donors (Lipinski definition) is 2. The molecule has 0 unspecified atom stereocenters. The van der Waals surface area contributed by atoms with Gasteiger partial charge in [0, 0.05) is 25.5 Å². The minimum atomic E-state index is -0.422. The van der Waals surface area contributed by atoms with Gasteiger partial charge < -0.3 is 25.4 Å². The molecule has 0 bridgehead atoms. The first-order chi connectivity index (χ1) is 15.9. The monoisotopic (exact) mass is 450 g/mol. The number of anilines is 2. The Hall–Kier alpha value is -4.34. The highest BCUT2D eigenvalue weighted by atomic mass is 16.5. The van der Waals surface area contributed by atoms with Gasteiger partial charge in [-0.15, -0.1) is 0 Å². The number of amides is 2. The first kappa shape index (κ1) is 23.3. The van der Waals surface area contributed by atoms with Gasteiger partial charge in [-0.3, -0.25) is 14.3 Å². The van der Waals surface area contributed by atoms with Crippen LogP contribution >= 0.6 is 0 Å². The predicted octanol–water partition coefficient (Wildman–Crippen LogP) is 2.24. The quantitative estimate of drug-likeness (QED) is 0.358. The van der Waals surface area contributed by atoms with Gasteiger partial charge in [0.05, 0.1) is 24.7 Å². The number of rotatable bonds is 10. The first-order valence-electron chi connectivity index (χ1n) is 10.2. The highest BCUT2D eigenvalue weighted by Gasteiger charge is 2.11. The third-order valence-corrected chi connectivity index (χ3v) is 4.55. The number of carbonyl (C=O) groups excluding carboxylic acids is 2. The van der Waals surface area contributed by atoms with E-state index in [1.807, 2.05) is 31.2 Å². The fourth-order valence-electron chi connectivity index (χ4n) is 2.69. The van der Waals surface area contributed by atoms with Crippen LogP contribution in [0.1, 0.15) is 5.56 Å². The van der Waals surface area contributed by atoms with Crippen molar-refractivity contribution in [1.82, 2.24) is 19.7 Å². The summed E-state index contributed by atoms with van der Waals surface area (Å²) >= 11 is 0. The number of aromatic nitrogens is 3. The first-order valence-corrected chi connectivity index (χ1v) is 10.2. The van der Waals surface area contributed by atoms with Gasteiger partial charge >= 0.3 is 0 Å². The molecule has 172 valence electrons. The molecular formula is C23H26N6O4. The fraction of sp³-hybridized carbons (Fsp3) is 0.217. The molecule has 33 heavy (non-hydrogen) atoms. The summed E-state index contributed by atoms with van der Waals surface area (Å²) in [5, 5.41) is 6.75. The maximum Gasteiger partial charge on any atom is 0.251 e. The van der Waals surface area contributed by atoms with Crippen molar-refractivity contribution in [1.29, 1.82) is 0 Å². The largest absolute Gasteiger partial charge is 0.492 e. The summed E-state index contributed by atoms with van der Waals surface area (Å²) in [6.45, 7) is 2.86. The van der Waals surface area contributed by atoms with Crippen molar-refractivity contribution in [2.24, 2.45) is 0 Å². The predicted molar refractivity (Wildman–Crippen MR) is 124 cm³/mol. The van der Waals surface area contributed by atoms with E-state index in [-0.39, 0.29) is 18.3 Å². The van der Waals surface area contributed by atoms with Crippen LogP contribution in [0.25, 0.3) is 0 Å². The van der Waals surface area contributed by atoms with E-state index in [4.69, 9.17) is 15.2 Å². The lowest BCUT2D eigenvalue weighted by atomic mass is 10.2. The molecule has 2 aromatic heterocycles. The van der Waals surface area contributed by atoms with E-state index >= 15 is 0 Å². The second-order valence-electron chi connectivity index (χ2n) is 7.20. The molecule has 0 saturated carbocycles. The molecule has 0 saturated heterocycles. The minimum absolute atomic E-state index is 0.0378. The number of nitrogen functional groups attached to an aromatic ring is 1. The SMILES string of the molecule is Cc1ccc(OCCN(C)C(=O)Cn2cc(NC(=O)/C=C/Oc3cccnc3N)cn2)cc1. The molecule has 0 spiro atoms. The van der Waals surface area contributed by atoms with Crippen LogP contribution in [0.15, 0.2) is 67.3 Å². The molecule has 0 aliphatic carbocycles. The second kappa shape index (κ2) is 11.3. The van der Waals surface area contributed by atoms with E-state index in [9.17, 15) is 9.59 Å². The average Bonchev–Trinajstić information content (AvgIpc) is 3.22. The smallest absolute Gasteiger partial charge is 0.251 e. The third-order valence-electron chi connectivity index (χ3n) is 4.55. The van der Waals surface area contributed by atoms with Crippen LogP contribution < -0.4 is 20.5 Å². The third kappa shape index (κ3) is 7.39. The summed E-state index contributed by atoms with van der Waals surface area (Å²) in [6.07, 6.45) is 6.98. The van der Waals surface area contributed by atoms with Crippen molar-refractivity contribution in [2.45, 2.75) is 13.5 Å². The van der Waals surface area contributed by atoms with Gasteiger partial charge in [0.1, 0.15) is 18.9 Å². The Morgan fingerprint density at radius 2 is 2.03 bits per heavy atom. The van der Waals surface area contributed by atoms with Crippen LogP contribution in [-0.2, 0) is 16.1 Å². The van der Waals surface area contributed by atoms with Crippen LogP contribution in [0.5, 0.6) is 11.5 Å². The van der Waals surface area contributed by atoms with Crippen molar-refractivity contribution >= 4 is 23.3 Å². The van der Waals surface area contributed by atoms with E-state index < -0.39 is 5.91 Å². The van der Waals surface area contributed by atoms with Gasteiger partial charge in [-0.25, -0.2) is 4.98 Å². The Labute approximate surface area is 191 Å². The van der Waals surface area contributed by atoms with E-state index in [2.05, 4.69) is 15.4 Å². The van der Waals surface area contributed by atoms with Crippen molar-refractivity contribution < 1.29 is 19.1 Å². The summed E-state index contributed by atoms with van der Waals surface area (Å²) in [6, 6.07) is 11.0. The van der Waals surface area contributed by atoms with Crippen molar-refractivity contribution in [3.8, 4) is 11.5 Å². The zero-order chi connectivity index (χ0) is 23.6. The zero-order valence-corrected chi connectivity index (χ0v) is 18.5. The molecule has 0 radical (unpaired) electrons. The van der Waals surface area contributed by atoms with Crippen molar-refractivity contribution in [3.05, 3.63) is 72.9 Å². The number of aryl methyl sites for hydroxylation is 1. The fourth-order valence-corrected chi connectivity index (χ4v) is 2.69. The Morgan fingerprint density at radius 3 is 2.79 bits per heavy atom. The molecular weight excluding hydrogens is 424 g/mol. The molecule has 2 amide bonds. The number of pyridine rings is 1. The van der Waals surface area contributed by atoms with Crippen LogP contribution in [0.2, 0.25) is 0 Å². The molecule has 0 fully saturated rings. The molecule has 3 rings (SSSR count). The number of nitrogens with two attached hydrogens (primary N) is 1. The molecule has 3 aromatic rings. The number of benzene rings is 1. The lowest BCUT2D eigenvalue weighted by Gasteiger charge is -2.17. The average molecular weight is 450 g/mol. The van der Waals surface area contributed by atoms with Gasteiger partial charge in [0.25, 0.3) is 5.91 Å². The Morgan fingerprint density at radius 1 is 1.24 bits per heavy atom. The van der Waals surface area contributed by atoms with Gasteiger partial charge in [0.15, 0.2) is 11.6 Å². The molecule has 0 aliphatic rings. The highest BCUT2D eigenvalue weighted by molar-refractivity contribution is 5.98. The van der Waals surface area contributed by atoms with Gasteiger partial charge in [-0.2, -0.15) is 5.10 Å². The van der Waals surface area contributed by atoms with Crippen molar-refractivity contribution in [2.75, 3.05) is 31.2 Å². The molecule has 1 aromatic carbocycles. The summed E-state index contributed by atoms with van der Waals surface area (Å²) in [5.41, 5.74) is 7.27. The molecule has 10 nitrogen and oxygen atoms in total. The summed E-state index contributed by atoms with van der Waals surface area (Å²) in [7, 11) is 1.70. The summed E-state index contributed by atoms with van der Waals surface area (Å²) < 4.78 is 12.4. The van der Waals surface area contributed by atoms with Crippen LogP contribution in [0.4, 0.5) is 11.5 Å². The molecule has 0 aliphatic heterocycles. The van der Waals surface area contributed by atoms with Crippen LogP contribution in [0.3, 0.4) is 0 Å². The lowest BCUT2D eigenvalue weighted by Crippen LogP contribution is -2.33. The molecule has 0 atom stereocenters. The maximum atomic E-state index is 12.4. The number of hydrogen-bond acceptors (Lipinski definition) is 7. The topological polar surface area (TPSA) is 125 Å². The Bertz CT molecular complexity index is 1110. The Kier molecular flexibility index (Phi) is 8.01. The standard InChI is InChI=1S/C23H26N6O4/c1-17-5-7-19(8-6-17)32-13-11-28(2)22(31)16-29-15-18(14-26-29)27-21(30)9-12-33-20-4-3-10-25-23(20)24/h3-10,12,14-15H,11,13,16H2,1-2H3,(H2,24,25)(H,27,30)/b12-9+. The lowest BCUT2D eigenvalue weighted by molar-refractivity contribution is -0.131. The van der Waals surface area contributed by atoms with E-state index in [1.165, 1.54) is 29.4 Å². The zero-order valence-electron chi connectivity index (χ0n) is 18.5. The summed E-state index contributed by atoms with van der Waals surface area (Å²) in [4.78, 5) is 29.9. The number of carbonyl (C=O) groups is 2. The van der Waals surface area contributed by atoms with Gasteiger partial charge in [0.2, 0.25) is 5.91 Å². The van der Waals surface area contributed by atoms with Crippen LogP contribution in [0, 0.1) is 6.92 Å². The van der Waals surface area contributed by atoms with Crippen LogP contribution in [-0.4, -0.2) is 51.7 Å². The van der Waals surface area contributed by atoms with E-state index in [0.29, 0.717) is 24.6 Å². The number of nitrogens with zero attached hydrogens (tertiary/aromatic N) is 4. The van der Waals surface area contributed by atoms with E-state index in [1.54, 1.807) is 30.3 Å². The summed E-state index contributed by atoms with van der Waals surface area (Å²) in [5.74, 6) is 0.776. The van der Waals surface area contributed by atoms with Gasteiger partial charge in [-0.05, 0) is 31.2 Å². The molecule has 2 heterocycles. The normalized spacial score (nSPS) is 10.7. The molecule has 3 N–H and O–H groups in total. The number of ether oxygens (including phenoxy) is 2. The van der Waals surface area contributed by atoms with Crippen molar-refractivity contribution in [3.63, 3.8) is 0 Å². The number of nitrogens with one attached hydrogen (secondary N) is 1. The minimum Gasteiger partial charge on any atom is -0.492 e.